The van der Waals surface area contributed by atoms with Gasteiger partial charge in [-0.15, -0.1) is 0 Å². The van der Waals surface area contributed by atoms with Crippen molar-refractivity contribution >= 4 is 5.91 Å². The highest BCUT2D eigenvalue weighted by atomic mass is 16.2. The van der Waals surface area contributed by atoms with Crippen LogP contribution in [0.3, 0.4) is 0 Å². The zero-order valence-corrected chi connectivity index (χ0v) is 14.2. The second-order valence-corrected chi connectivity index (χ2v) is 7.76. The summed E-state index contributed by atoms with van der Waals surface area (Å²) < 4.78 is 0. The Bertz CT molecular complexity index is 398. The van der Waals surface area contributed by atoms with Crippen molar-refractivity contribution < 1.29 is 4.79 Å². The molecule has 1 aliphatic carbocycles. The fourth-order valence-electron chi connectivity index (χ4n) is 4.40. The van der Waals surface area contributed by atoms with Gasteiger partial charge in [-0.25, -0.2) is 0 Å². The smallest absolute Gasteiger partial charge is 0.225 e. The number of allylic oxidation sites excluding steroid dienone is 2. The van der Waals surface area contributed by atoms with Crippen molar-refractivity contribution in [1.82, 2.24) is 9.80 Å². The first-order valence-corrected chi connectivity index (χ1v) is 9.38. The van der Waals surface area contributed by atoms with Crippen molar-refractivity contribution in [3.05, 3.63) is 12.2 Å². The molecule has 2 heterocycles. The molecule has 0 unspecified atom stereocenters. The van der Waals surface area contributed by atoms with Gasteiger partial charge in [0.15, 0.2) is 0 Å². The molecule has 2 atom stereocenters. The average Bonchev–Trinajstić information content (AvgIpc) is 2.56. The van der Waals surface area contributed by atoms with Crippen LogP contribution in [-0.2, 0) is 4.79 Å². The van der Waals surface area contributed by atoms with Gasteiger partial charge < -0.3 is 9.80 Å². The minimum absolute atomic E-state index is 0.299. The number of nitrogens with zero attached hydrogens (tertiary/aromatic N) is 2. The van der Waals surface area contributed by atoms with E-state index in [1.807, 2.05) is 0 Å². The molecule has 3 heteroatoms. The number of carbonyl (C=O) groups excluding carboxylic acids is 1. The molecule has 3 aliphatic rings. The second kappa shape index (κ2) is 7.63. The van der Waals surface area contributed by atoms with Gasteiger partial charge in [0, 0.05) is 25.6 Å². The molecule has 124 valence electrons. The van der Waals surface area contributed by atoms with E-state index >= 15 is 0 Å². The lowest BCUT2D eigenvalue weighted by atomic mass is 9.90. The first-order chi connectivity index (χ1) is 10.7. The lowest BCUT2D eigenvalue weighted by Gasteiger charge is -2.38. The SMILES string of the molecule is C[C@@H]1CCCN(C(=O)C2CCN(C[C@H]3CC=CCC3)CC2)C1. The Morgan fingerprint density at radius 1 is 1.09 bits per heavy atom. The molecule has 3 rings (SSSR count). The Balaban J connectivity index is 1.42. The van der Waals surface area contributed by atoms with Crippen LogP contribution in [0.5, 0.6) is 0 Å². The highest BCUT2D eigenvalue weighted by Crippen LogP contribution is 2.26. The van der Waals surface area contributed by atoms with Crippen molar-refractivity contribution in [3.63, 3.8) is 0 Å². The molecule has 0 radical (unpaired) electrons. The summed E-state index contributed by atoms with van der Waals surface area (Å²) in [6, 6.07) is 0. The molecule has 0 aromatic rings. The van der Waals surface area contributed by atoms with Crippen molar-refractivity contribution in [2.24, 2.45) is 17.8 Å². The van der Waals surface area contributed by atoms with Gasteiger partial charge in [-0.1, -0.05) is 19.1 Å². The third kappa shape index (κ3) is 4.13. The fraction of sp³-hybridized carbons (Fsp3) is 0.842. The zero-order valence-electron chi connectivity index (χ0n) is 14.2. The van der Waals surface area contributed by atoms with E-state index in [0.717, 1.165) is 44.9 Å². The van der Waals surface area contributed by atoms with Crippen LogP contribution in [0.1, 0.15) is 51.9 Å². The number of hydrogen-bond donors (Lipinski definition) is 0. The number of amides is 1. The van der Waals surface area contributed by atoms with Gasteiger partial charge in [-0.3, -0.25) is 4.79 Å². The van der Waals surface area contributed by atoms with Crippen LogP contribution in [0.15, 0.2) is 12.2 Å². The van der Waals surface area contributed by atoms with Gasteiger partial charge in [0.25, 0.3) is 0 Å². The van der Waals surface area contributed by atoms with E-state index in [9.17, 15) is 4.79 Å². The van der Waals surface area contributed by atoms with E-state index in [4.69, 9.17) is 0 Å². The minimum Gasteiger partial charge on any atom is -0.342 e. The molecule has 2 aliphatic heterocycles. The highest BCUT2D eigenvalue weighted by molar-refractivity contribution is 5.79. The summed E-state index contributed by atoms with van der Waals surface area (Å²) in [6.45, 7) is 7.76. The summed E-state index contributed by atoms with van der Waals surface area (Å²) in [7, 11) is 0. The van der Waals surface area contributed by atoms with E-state index in [1.54, 1.807) is 0 Å². The molecule has 2 fully saturated rings. The Kier molecular flexibility index (Phi) is 5.56. The van der Waals surface area contributed by atoms with E-state index in [1.165, 1.54) is 38.6 Å². The molecule has 0 aromatic carbocycles. The summed E-state index contributed by atoms with van der Waals surface area (Å²) >= 11 is 0. The number of carbonyl (C=O) groups is 1. The van der Waals surface area contributed by atoms with Gasteiger partial charge >= 0.3 is 0 Å². The highest BCUT2D eigenvalue weighted by Gasteiger charge is 2.30. The quantitative estimate of drug-likeness (QED) is 0.747. The summed E-state index contributed by atoms with van der Waals surface area (Å²) in [4.78, 5) is 17.5. The number of piperidine rings is 2. The van der Waals surface area contributed by atoms with E-state index in [0.29, 0.717) is 17.7 Å². The Labute approximate surface area is 135 Å². The van der Waals surface area contributed by atoms with Crippen molar-refractivity contribution in [2.45, 2.75) is 51.9 Å². The van der Waals surface area contributed by atoms with Gasteiger partial charge in [0.1, 0.15) is 0 Å². The van der Waals surface area contributed by atoms with Gasteiger partial charge in [0.05, 0.1) is 0 Å². The summed E-state index contributed by atoms with van der Waals surface area (Å²) in [5, 5.41) is 0. The van der Waals surface area contributed by atoms with Crippen LogP contribution < -0.4 is 0 Å². The van der Waals surface area contributed by atoms with Gasteiger partial charge in [-0.05, 0) is 69.9 Å². The molecule has 3 nitrogen and oxygen atoms in total. The Morgan fingerprint density at radius 3 is 2.59 bits per heavy atom. The Morgan fingerprint density at radius 2 is 1.91 bits per heavy atom. The average molecular weight is 304 g/mol. The summed E-state index contributed by atoms with van der Waals surface area (Å²) in [5.74, 6) is 2.29. The first-order valence-electron chi connectivity index (χ1n) is 9.38. The van der Waals surface area contributed by atoms with Crippen molar-refractivity contribution in [2.75, 3.05) is 32.7 Å². The molecule has 0 aromatic heterocycles. The normalized spacial score (nSPS) is 31.4. The monoisotopic (exact) mass is 304 g/mol. The third-order valence-corrected chi connectivity index (χ3v) is 5.80. The third-order valence-electron chi connectivity index (χ3n) is 5.80. The molecule has 2 saturated heterocycles. The zero-order chi connectivity index (χ0) is 15.4. The van der Waals surface area contributed by atoms with Crippen LogP contribution in [-0.4, -0.2) is 48.4 Å². The minimum atomic E-state index is 0.299. The number of likely N-dealkylation sites (tertiary alicyclic amines) is 2. The van der Waals surface area contributed by atoms with E-state index in [2.05, 4.69) is 28.9 Å². The van der Waals surface area contributed by atoms with Gasteiger partial charge in [0.2, 0.25) is 5.91 Å². The first kappa shape index (κ1) is 16.0. The maximum absolute atomic E-state index is 12.7. The lowest BCUT2D eigenvalue weighted by Crippen LogP contribution is -2.46. The van der Waals surface area contributed by atoms with E-state index in [-0.39, 0.29) is 0 Å². The predicted molar refractivity (Wildman–Crippen MR) is 90.6 cm³/mol. The van der Waals surface area contributed by atoms with Crippen LogP contribution in [0.4, 0.5) is 0 Å². The molecule has 1 amide bonds. The lowest BCUT2D eigenvalue weighted by molar-refractivity contribution is -0.138. The van der Waals surface area contributed by atoms with Crippen molar-refractivity contribution in [1.29, 1.82) is 0 Å². The second-order valence-electron chi connectivity index (χ2n) is 7.76. The molecule has 0 bridgehead atoms. The summed E-state index contributed by atoms with van der Waals surface area (Å²) in [5.41, 5.74) is 0. The van der Waals surface area contributed by atoms with Gasteiger partial charge in [-0.2, -0.15) is 0 Å². The fourth-order valence-corrected chi connectivity index (χ4v) is 4.40. The number of rotatable bonds is 3. The van der Waals surface area contributed by atoms with Crippen LogP contribution in [0.2, 0.25) is 0 Å². The van der Waals surface area contributed by atoms with Crippen LogP contribution in [0, 0.1) is 17.8 Å². The predicted octanol–water partition coefficient (Wildman–Crippen LogP) is 3.31. The molecule has 0 N–H and O–H groups in total. The molecular formula is C19H32N2O. The van der Waals surface area contributed by atoms with Crippen LogP contribution >= 0.6 is 0 Å². The maximum Gasteiger partial charge on any atom is 0.225 e. The maximum atomic E-state index is 12.7. The Hall–Kier alpha value is -0.830. The molecule has 0 saturated carbocycles. The van der Waals surface area contributed by atoms with Crippen LogP contribution in [0.25, 0.3) is 0 Å². The largest absolute Gasteiger partial charge is 0.342 e. The molecule has 0 spiro atoms. The van der Waals surface area contributed by atoms with E-state index < -0.39 is 0 Å². The molecular weight excluding hydrogens is 272 g/mol. The molecule has 22 heavy (non-hydrogen) atoms. The summed E-state index contributed by atoms with van der Waals surface area (Å²) in [6.07, 6.45) is 13.2. The standard InChI is InChI=1S/C19H32N2O/c1-16-6-5-11-21(14-16)19(22)18-9-12-20(13-10-18)15-17-7-3-2-4-8-17/h2-3,16-18H,4-15H2,1H3/t16-,17+/m1/s1. The van der Waals surface area contributed by atoms with Crippen molar-refractivity contribution in [3.8, 4) is 0 Å². The number of hydrogen-bond acceptors (Lipinski definition) is 2. The topological polar surface area (TPSA) is 23.6 Å².